The largest absolute Gasteiger partial charge is 0.494 e. The van der Waals surface area contributed by atoms with Crippen molar-refractivity contribution in [1.82, 2.24) is 0 Å². The van der Waals surface area contributed by atoms with Crippen molar-refractivity contribution in [3.63, 3.8) is 0 Å². The molecule has 0 unspecified atom stereocenters. The monoisotopic (exact) mass is 341 g/mol. The third-order valence-corrected chi connectivity index (χ3v) is 3.87. The Hall–Kier alpha value is -2.49. The lowest BCUT2D eigenvalue weighted by Crippen LogP contribution is -2.20. The first-order chi connectivity index (χ1) is 12.1. The first-order valence-electron chi connectivity index (χ1n) is 8.81. The van der Waals surface area contributed by atoms with Crippen LogP contribution in [0.15, 0.2) is 42.5 Å². The highest BCUT2D eigenvalue weighted by atomic mass is 16.5. The number of hydrogen-bond donors (Lipinski definition) is 1. The van der Waals surface area contributed by atoms with Crippen LogP contribution in [0.2, 0.25) is 0 Å². The summed E-state index contributed by atoms with van der Waals surface area (Å²) < 4.78 is 11.2. The van der Waals surface area contributed by atoms with Gasteiger partial charge in [0.2, 0.25) is 0 Å². The van der Waals surface area contributed by atoms with Crippen LogP contribution in [0.5, 0.6) is 11.5 Å². The molecule has 0 spiro atoms. The number of ether oxygens (including phenoxy) is 2. The molecular formula is C21H27NO3. The van der Waals surface area contributed by atoms with Crippen molar-refractivity contribution in [2.24, 2.45) is 0 Å². The standard InChI is InChI=1S/C21H27NO3/c1-4-5-6-13-24-18-8-10-19(11-9-18)25-15-21(23)22-20-12-7-16(2)14-17(20)3/h7-12,14H,4-6,13,15H2,1-3H3,(H,22,23). The van der Waals surface area contributed by atoms with Crippen LogP contribution in [0.1, 0.15) is 37.3 Å². The Kier molecular flexibility index (Phi) is 7.33. The maximum atomic E-state index is 12.0. The Morgan fingerprint density at radius 3 is 2.28 bits per heavy atom. The first-order valence-corrected chi connectivity index (χ1v) is 8.81. The molecule has 0 aromatic heterocycles. The zero-order chi connectivity index (χ0) is 18.1. The molecule has 2 aromatic rings. The van der Waals surface area contributed by atoms with Crippen molar-refractivity contribution >= 4 is 11.6 Å². The van der Waals surface area contributed by atoms with E-state index in [1.165, 1.54) is 18.4 Å². The summed E-state index contributed by atoms with van der Waals surface area (Å²) in [6, 6.07) is 13.3. The smallest absolute Gasteiger partial charge is 0.262 e. The van der Waals surface area contributed by atoms with E-state index >= 15 is 0 Å². The van der Waals surface area contributed by atoms with Crippen LogP contribution in [-0.2, 0) is 4.79 Å². The minimum atomic E-state index is -0.174. The molecule has 4 heteroatoms. The van der Waals surface area contributed by atoms with Crippen molar-refractivity contribution in [3.05, 3.63) is 53.6 Å². The van der Waals surface area contributed by atoms with Gasteiger partial charge in [-0.05, 0) is 56.2 Å². The highest BCUT2D eigenvalue weighted by molar-refractivity contribution is 5.92. The van der Waals surface area contributed by atoms with Gasteiger partial charge >= 0.3 is 0 Å². The van der Waals surface area contributed by atoms with Crippen molar-refractivity contribution in [2.45, 2.75) is 40.0 Å². The van der Waals surface area contributed by atoms with E-state index in [0.29, 0.717) is 5.75 Å². The predicted molar refractivity (Wildman–Crippen MR) is 102 cm³/mol. The number of hydrogen-bond acceptors (Lipinski definition) is 3. The Bertz CT molecular complexity index is 680. The van der Waals surface area contributed by atoms with Crippen LogP contribution >= 0.6 is 0 Å². The van der Waals surface area contributed by atoms with Gasteiger partial charge in [-0.25, -0.2) is 0 Å². The number of amides is 1. The molecule has 25 heavy (non-hydrogen) atoms. The molecule has 0 aliphatic heterocycles. The van der Waals surface area contributed by atoms with E-state index in [2.05, 4.69) is 12.2 Å². The van der Waals surface area contributed by atoms with Gasteiger partial charge in [0.15, 0.2) is 6.61 Å². The second-order valence-electron chi connectivity index (χ2n) is 6.18. The van der Waals surface area contributed by atoms with E-state index in [4.69, 9.17) is 9.47 Å². The summed E-state index contributed by atoms with van der Waals surface area (Å²) in [4.78, 5) is 12.0. The zero-order valence-corrected chi connectivity index (χ0v) is 15.3. The van der Waals surface area contributed by atoms with Gasteiger partial charge in [-0.2, -0.15) is 0 Å². The van der Waals surface area contributed by atoms with Crippen molar-refractivity contribution < 1.29 is 14.3 Å². The molecule has 1 amide bonds. The number of carbonyl (C=O) groups is 1. The van der Waals surface area contributed by atoms with E-state index in [1.807, 2.05) is 56.3 Å². The van der Waals surface area contributed by atoms with Gasteiger partial charge in [0.25, 0.3) is 5.91 Å². The Labute approximate surface area is 150 Å². The lowest BCUT2D eigenvalue weighted by Gasteiger charge is -2.11. The average molecular weight is 341 g/mol. The number of benzene rings is 2. The quantitative estimate of drug-likeness (QED) is 0.661. The van der Waals surface area contributed by atoms with E-state index in [-0.39, 0.29) is 12.5 Å². The molecule has 0 aliphatic rings. The van der Waals surface area contributed by atoms with Crippen LogP contribution in [0.4, 0.5) is 5.69 Å². The van der Waals surface area contributed by atoms with Crippen LogP contribution in [0, 0.1) is 13.8 Å². The van der Waals surface area contributed by atoms with E-state index in [0.717, 1.165) is 30.0 Å². The van der Waals surface area contributed by atoms with E-state index < -0.39 is 0 Å². The minimum absolute atomic E-state index is 0.0238. The van der Waals surface area contributed by atoms with Crippen molar-refractivity contribution in [2.75, 3.05) is 18.5 Å². The molecular weight excluding hydrogens is 314 g/mol. The summed E-state index contributed by atoms with van der Waals surface area (Å²) >= 11 is 0. The summed E-state index contributed by atoms with van der Waals surface area (Å²) in [5.74, 6) is 1.30. The van der Waals surface area contributed by atoms with Gasteiger partial charge in [0.1, 0.15) is 11.5 Å². The van der Waals surface area contributed by atoms with Crippen LogP contribution < -0.4 is 14.8 Å². The third-order valence-electron chi connectivity index (χ3n) is 3.87. The Balaban J connectivity index is 1.77. The molecule has 2 aromatic carbocycles. The number of carbonyl (C=O) groups excluding carboxylic acids is 1. The molecule has 0 aliphatic carbocycles. The second kappa shape index (κ2) is 9.72. The molecule has 1 N–H and O–H groups in total. The summed E-state index contributed by atoms with van der Waals surface area (Å²) in [5, 5.41) is 2.87. The van der Waals surface area contributed by atoms with Crippen LogP contribution in [-0.4, -0.2) is 19.1 Å². The second-order valence-corrected chi connectivity index (χ2v) is 6.18. The lowest BCUT2D eigenvalue weighted by molar-refractivity contribution is -0.118. The van der Waals surface area contributed by atoms with E-state index in [1.54, 1.807) is 0 Å². The van der Waals surface area contributed by atoms with Crippen molar-refractivity contribution in [1.29, 1.82) is 0 Å². The molecule has 0 heterocycles. The summed E-state index contributed by atoms with van der Waals surface area (Å²) in [6.07, 6.45) is 3.42. The number of rotatable bonds is 9. The van der Waals surface area contributed by atoms with Gasteiger partial charge < -0.3 is 14.8 Å². The molecule has 0 saturated carbocycles. The van der Waals surface area contributed by atoms with Crippen LogP contribution in [0.3, 0.4) is 0 Å². The van der Waals surface area contributed by atoms with Gasteiger partial charge in [0.05, 0.1) is 6.61 Å². The summed E-state index contributed by atoms with van der Waals surface area (Å²) in [5.41, 5.74) is 3.02. The Morgan fingerprint density at radius 2 is 1.64 bits per heavy atom. The van der Waals surface area contributed by atoms with Crippen LogP contribution in [0.25, 0.3) is 0 Å². The molecule has 0 bridgehead atoms. The fourth-order valence-electron chi connectivity index (χ4n) is 2.46. The number of unbranched alkanes of at least 4 members (excludes halogenated alkanes) is 2. The molecule has 0 radical (unpaired) electrons. The molecule has 134 valence electrons. The Morgan fingerprint density at radius 1 is 0.960 bits per heavy atom. The fraction of sp³-hybridized carbons (Fsp3) is 0.381. The molecule has 0 atom stereocenters. The SMILES string of the molecule is CCCCCOc1ccc(OCC(=O)Nc2ccc(C)cc2C)cc1. The number of anilines is 1. The summed E-state index contributed by atoms with van der Waals surface area (Å²) in [7, 11) is 0. The summed E-state index contributed by atoms with van der Waals surface area (Å²) in [6.45, 7) is 6.88. The topological polar surface area (TPSA) is 47.6 Å². The highest BCUT2D eigenvalue weighted by Gasteiger charge is 2.06. The predicted octanol–water partition coefficient (Wildman–Crippen LogP) is 4.89. The molecule has 4 nitrogen and oxygen atoms in total. The minimum Gasteiger partial charge on any atom is -0.494 e. The number of aryl methyl sites for hydroxylation is 2. The zero-order valence-electron chi connectivity index (χ0n) is 15.3. The normalized spacial score (nSPS) is 10.4. The molecule has 0 fully saturated rings. The average Bonchev–Trinajstić information content (AvgIpc) is 2.60. The fourth-order valence-corrected chi connectivity index (χ4v) is 2.46. The molecule has 2 rings (SSSR count). The maximum Gasteiger partial charge on any atom is 0.262 e. The number of nitrogens with one attached hydrogen (secondary N) is 1. The van der Waals surface area contributed by atoms with Gasteiger partial charge in [-0.15, -0.1) is 0 Å². The third kappa shape index (κ3) is 6.49. The van der Waals surface area contributed by atoms with E-state index in [9.17, 15) is 4.79 Å². The highest BCUT2D eigenvalue weighted by Crippen LogP contribution is 2.19. The first kappa shape index (κ1) is 18.8. The van der Waals surface area contributed by atoms with Crippen molar-refractivity contribution in [3.8, 4) is 11.5 Å². The van der Waals surface area contributed by atoms with Gasteiger partial charge in [-0.3, -0.25) is 4.79 Å². The molecule has 0 saturated heterocycles. The van der Waals surface area contributed by atoms with Gasteiger partial charge in [0, 0.05) is 5.69 Å². The maximum absolute atomic E-state index is 12.0. The lowest BCUT2D eigenvalue weighted by atomic mass is 10.1. The van der Waals surface area contributed by atoms with Gasteiger partial charge in [-0.1, -0.05) is 37.5 Å².